The number of fused-ring (bicyclic) bond motifs is 1. The molecule has 0 radical (unpaired) electrons. The zero-order valence-electron chi connectivity index (χ0n) is 13.4. The van der Waals surface area contributed by atoms with E-state index in [1.54, 1.807) is 0 Å². The minimum atomic E-state index is 0.0279. The van der Waals surface area contributed by atoms with Crippen LogP contribution in [0.1, 0.15) is 4.88 Å². The van der Waals surface area contributed by atoms with Gasteiger partial charge in [-0.2, -0.15) is 0 Å². The summed E-state index contributed by atoms with van der Waals surface area (Å²) in [5, 5.41) is 2.13. The first-order valence-corrected chi connectivity index (χ1v) is 9.38. The van der Waals surface area contributed by atoms with E-state index >= 15 is 0 Å². The van der Waals surface area contributed by atoms with Gasteiger partial charge in [0.2, 0.25) is 5.91 Å². The third kappa shape index (κ3) is 3.31. The predicted octanol–water partition coefficient (Wildman–Crippen LogP) is 1.30. The highest BCUT2D eigenvalue weighted by Gasteiger charge is 2.45. The molecule has 0 aromatic carbocycles. The fourth-order valence-electron chi connectivity index (χ4n) is 4.12. The molecule has 5 nitrogen and oxygen atoms in total. The molecule has 3 fully saturated rings. The maximum absolute atomic E-state index is 12.9. The SMILES string of the molecule is O=C([C@@H]1COC[C@@H]2CN(Cc3cccs3)C[C@@H]21)N1CCOCC1. The second kappa shape index (κ2) is 6.89. The van der Waals surface area contributed by atoms with Crippen molar-refractivity contribution in [3.8, 4) is 0 Å². The number of carbonyl (C=O) groups excluding carboxylic acids is 1. The topological polar surface area (TPSA) is 42.0 Å². The van der Waals surface area contributed by atoms with Crippen LogP contribution >= 0.6 is 11.3 Å². The van der Waals surface area contributed by atoms with Crippen molar-refractivity contribution in [1.29, 1.82) is 0 Å². The fraction of sp³-hybridized carbons (Fsp3) is 0.706. The smallest absolute Gasteiger partial charge is 0.228 e. The van der Waals surface area contributed by atoms with E-state index < -0.39 is 0 Å². The van der Waals surface area contributed by atoms with Crippen molar-refractivity contribution in [3.05, 3.63) is 22.4 Å². The molecule has 3 atom stereocenters. The van der Waals surface area contributed by atoms with Gasteiger partial charge in [-0.25, -0.2) is 0 Å². The molecule has 0 bridgehead atoms. The van der Waals surface area contributed by atoms with Crippen molar-refractivity contribution >= 4 is 17.2 Å². The highest BCUT2D eigenvalue weighted by Crippen LogP contribution is 2.36. The third-order valence-electron chi connectivity index (χ3n) is 5.31. The van der Waals surface area contributed by atoms with Gasteiger partial charge in [0, 0.05) is 37.6 Å². The van der Waals surface area contributed by atoms with E-state index in [4.69, 9.17) is 9.47 Å². The molecule has 0 aliphatic carbocycles. The summed E-state index contributed by atoms with van der Waals surface area (Å²) in [7, 11) is 0. The maximum Gasteiger partial charge on any atom is 0.228 e. The second-order valence-electron chi connectivity index (χ2n) is 6.78. The number of rotatable bonds is 3. The fourth-order valence-corrected chi connectivity index (χ4v) is 4.86. The quantitative estimate of drug-likeness (QED) is 0.834. The van der Waals surface area contributed by atoms with Gasteiger partial charge in [0.1, 0.15) is 0 Å². The number of amides is 1. The molecule has 1 aromatic rings. The van der Waals surface area contributed by atoms with E-state index in [0.29, 0.717) is 31.7 Å². The standard InChI is InChI=1S/C17H24N2O3S/c20-17(19-3-5-21-6-4-19)16-12-22-11-13-8-18(10-15(13)16)9-14-2-1-7-23-14/h1-2,7,13,15-16H,3-6,8-12H2/t13-,15-,16+/m0/s1. The summed E-state index contributed by atoms with van der Waals surface area (Å²) in [6.07, 6.45) is 0. The minimum absolute atomic E-state index is 0.0279. The number of likely N-dealkylation sites (tertiary alicyclic amines) is 1. The molecule has 23 heavy (non-hydrogen) atoms. The molecule has 1 aromatic heterocycles. The van der Waals surface area contributed by atoms with E-state index in [9.17, 15) is 4.79 Å². The van der Waals surface area contributed by atoms with Crippen LogP contribution in [0.15, 0.2) is 17.5 Å². The molecule has 0 unspecified atom stereocenters. The summed E-state index contributed by atoms with van der Waals surface area (Å²) in [5.74, 6) is 1.25. The molecule has 3 aliphatic heterocycles. The van der Waals surface area contributed by atoms with Crippen molar-refractivity contribution in [2.75, 3.05) is 52.6 Å². The molecular formula is C17H24N2O3S. The summed E-state index contributed by atoms with van der Waals surface area (Å²) in [5.41, 5.74) is 0. The van der Waals surface area contributed by atoms with Gasteiger partial charge in [0.05, 0.1) is 32.3 Å². The Morgan fingerprint density at radius 1 is 1.22 bits per heavy atom. The van der Waals surface area contributed by atoms with Crippen LogP contribution in [0.5, 0.6) is 0 Å². The lowest BCUT2D eigenvalue weighted by molar-refractivity contribution is -0.148. The van der Waals surface area contributed by atoms with E-state index in [1.807, 2.05) is 16.2 Å². The number of carbonyl (C=O) groups is 1. The first-order valence-electron chi connectivity index (χ1n) is 8.50. The van der Waals surface area contributed by atoms with Gasteiger partial charge >= 0.3 is 0 Å². The van der Waals surface area contributed by atoms with E-state index in [2.05, 4.69) is 22.4 Å². The van der Waals surface area contributed by atoms with Gasteiger partial charge in [-0.05, 0) is 23.3 Å². The zero-order chi connectivity index (χ0) is 15.6. The van der Waals surface area contributed by atoms with Gasteiger partial charge in [0.25, 0.3) is 0 Å². The monoisotopic (exact) mass is 336 g/mol. The summed E-state index contributed by atoms with van der Waals surface area (Å²) in [4.78, 5) is 18.8. The number of morpholine rings is 1. The molecule has 0 spiro atoms. The van der Waals surface area contributed by atoms with Crippen LogP contribution in [0, 0.1) is 17.8 Å². The van der Waals surface area contributed by atoms with E-state index in [1.165, 1.54) is 4.88 Å². The Balaban J connectivity index is 1.41. The van der Waals surface area contributed by atoms with Crippen LogP contribution in [-0.4, -0.2) is 68.3 Å². The minimum Gasteiger partial charge on any atom is -0.380 e. The Bertz CT molecular complexity index is 530. The summed E-state index contributed by atoms with van der Waals surface area (Å²) >= 11 is 1.81. The van der Waals surface area contributed by atoms with Crippen molar-refractivity contribution in [2.45, 2.75) is 6.54 Å². The largest absolute Gasteiger partial charge is 0.380 e. The number of nitrogens with zero attached hydrogens (tertiary/aromatic N) is 2. The number of hydrogen-bond acceptors (Lipinski definition) is 5. The molecule has 4 heterocycles. The third-order valence-corrected chi connectivity index (χ3v) is 6.17. The Labute approximate surface area is 141 Å². The average Bonchev–Trinajstić information content (AvgIpc) is 3.24. The van der Waals surface area contributed by atoms with Crippen molar-refractivity contribution in [2.24, 2.45) is 17.8 Å². The highest BCUT2D eigenvalue weighted by molar-refractivity contribution is 7.09. The van der Waals surface area contributed by atoms with Crippen molar-refractivity contribution < 1.29 is 14.3 Å². The van der Waals surface area contributed by atoms with Crippen LogP contribution in [0.2, 0.25) is 0 Å². The van der Waals surface area contributed by atoms with E-state index in [-0.39, 0.29) is 11.8 Å². The molecule has 0 saturated carbocycles. The lowest BCUT2D eigenvalue weighted by atomic mass is 9.82. The summed E-state index contributed by atoms with van der Waals surface area (Å²) in [6.45, 7) is 7.25. The van der Waals surface area contributed by atoms with Crippen LogP contribution in [-0.2, 0) is 20.8 Å². The van der Waals surface area contributed by atoms with Crippen molar-refractivity contribution in [3.63, 3.8) is 0 Å². The normalized spacial score (nSPS) is 32.0. The molecule has 3 saturated heterocycles. The number of hydrogen-bond donors (Lipinski definition) is 0. The molecular weight excluding hydrogens is 312 g/mol. The molecule has 0 N–H and O–H groups in total. The predicted molar refractivity (Wildman–Crippen MR) is 88.3 cm³/mol. The number of thiophene rings is 1. The van der Waals surface area contributed by atoms with Crippen molar-refractivity contribution in [1.82, 2.24) is 9.80 Å². The Morgan fingerprint density at radius 2 is 2.09 bits per heavy atom. The molecule has 126 valence electrons. The average molecular weight is 336 g/mol. The first kappa shape index (κ1) is 15.6. The Morgan fingerprint density at radius 3 is 2.87 bits per heavy atom. The first-order chi connectivity index (χ1) is 11.3. The van der Waals surface area contributed by atoms with Gasteiger partial charge < -0.3 is 14.4 Å². The molecule has 6 heteroatoms. The summed E-state index contributed by atoms with van der Waals surface area (Å²) < 4.78 is 11.2. The highest BCUT2D eigenvalue weighted by atomic mass is 32.1. The number of ether oxygens (including phenoxy) is 2. The maximum atomic E-state index is 12.9. The van der Waals surface area contributed by atoms with Crippen LogP contribution in [0.25, 0.3) is 0 Å². The van der Waals surface area contributed by atoms with Gasteiger partial charge in [-0.1, -0.05) is 6.07 Å². The zero-order valence-corrected chi connectivity index (χ0v) is 14.2. The second-order valence-corrected chi connectivity index (χ2v) is 7.81. The van der Waals surface area contributed by atoms with Gasteiger partial charge in [0.15, 0.2) is 0 Å². The molecule has 1 amide bonds. The summed E-state index contributed by atoms with van der Waals surface area (Å²) in [6, 6.07) is 4.30. The molecule has 4 rings (SSSR count). The van der Waals surface area contributed by atoms with Crippen LogP contribution in [0.4, 0.5) is 0 Å². The molecule has 3 aliphatic rings. The lowest BCUT2D eigenvalue weighted by Crippen LogP contribution is -2.49. The van der Waals surface area contributed by atoms with Crippen LogP contribution < -0.4 is 0 Å². The van der Waals surface area contributed by atoms with Gasteiger partial charge in [-0.3, -0.25) is 9.69 Å². The van der Waals surface area contributed by atoms with Gasteiger partial charge in [-0.15, -0.1) is 11.3 Å². The lowest BCUT2D eigenvalue weighted by Gasteiger charge is -2.36. The van der Waals surface area contributed by atoms with E-state index in [0.717, 1.165) is 39.3 Å². The Kier molecular flexibility index (Phi) is 4.66. The Hall–Kier alpha value is -0.950. The van der Waals surface area contributed by atoms with Crippen LogP contribution in [0.3, 0.4) is 0 Å².